The second-order valence-corrected chi connectivity index (χ2v) is 13.8. The van der Waals surface area contributed by atoms with Crippen LogP contribution in [0.3, 0.4) is 0 Å². The molecule has 0 aliphatic carbocycles. The van der Waals surface area contributed by atoms with Gasteiger partial charge in [-0.05, 0) is 74.9 Å². The maximum Gasteiger partial charge on any atom is 0.264 e. The minimum Gasteiger partial charge on any atom is -0.497 e. The third kappa shape index (κ3) is 8.60. The van der Waals surface area contributed by atoms with Crippen LogP contribution in [0.25, 0.3) is 0 Å². The highest BCUT2D eigenvalue weighted by Crippen LogP contribution is 2.30. The van der Waals surface area contributed by atoms with Crippen molar-refractivity contribution in [2.24, 2.45) is 0 Å². The SMILES string of the molecule is COc1ccc(N(CC(=O)N(Cc2c(Cl)cccc2Cl)[C@H](Cc2ccccc2)C(=O)NC(C)C)S(=O)(=O)c2ccc(C)cc2)cc1. The van der Waals surface area contributed by atoms with E-state index in [-0.39, 0.29) is 29.6 Å². The van der Waals surface area contributed by atoms with Crippen molar-refractivity contribution in [2.45, 2.75) is 50.7 Å². The maximum absolute atomic E-state index is 14.6. The Balaban J connectivity index is 1.84. The van der Waals surface area contributed by atoms with Crippen molar-refractivity contribution < 1.29 is 22.7 Å². The van der Waals surface area contributed by atoms with Gasteiger partial charge in [-0.2, -0.15) is 0 Å². The van der Waals surface area contributed by atoms with Gasteiger partial charge in [0.25, 0.3) is 10.0 Å². The molecule has 0 aliphatic rings. The summed E-state index contributed by atoms with van der Waals surface area (Å²) in [4.78, 5) is 29.8. The summed E-state index contributed by atoms with van der Waals surface area (Å²) < 4.78 is 34.6. The molecule has 0 unspecified atom stereocenters. The molecule has 11 heteroatoms. The van der Waals surface area contributed by atoms with Gasteiger partial charge in [0.15, 0.2) is 0 Å². The van der Waals surface area contributed by atoms with E-state index in [0.29, 0.717) is 21.4 Å². The van der Waals surface area contributed by atoms with E-state index in [2.05, 4.69) is 5.32 Å². The lowest BCUT2D eigenvalue weighted by Gasteiger charge is -2.34. The molecule has 4 aromatic rings. The lowest BCUT2D eigenvalue weighted by molar-refractivity contribution is -0.140. The summed E-state index contributed by atoms with van der Waals surface area (Å²) >= 11 is 13.1. The summed E-state index contributed by atoms with van der Waals surface area (Å²) in [5, 5.41) is 3.55. The van der Waals surface area contributed by atoms with E-state index < -0.39 is 34.4 Å². The molecular weight excluding hydrogens is 645 g/mol. The second kappa shape index (κ2) is 15.5. The largest absolute Gasteiger partial charge is 0.497 e. The number of amides is 2. The fraction of sp³-hybridized carbons (Fsp3) is 0.257. The van der Waals surface area contributed by atoms with Crippen LogP contribution in [0, 0.1) is 6.92 Å². The highest BCUT2D eigenvalue weighted by atomic mass is 35.5. The van der Waals surface area contributed by atoms with Gasteiger partial charge in [-0.25, -0.2) is 8.42 Å². The van der Waals surface area contributed by atoms with Crippen molar-refractivity contribution in [3.05, 3.63) is 124 Å². The van der Waals surface area contributed by atoms with Crippen molar-refractivity contribution >= 4 is 50.7 Å². The molecule has 1 atom stereocenters. The Morgan fingerprint density at radius 3 is 2.02 bits per heavy atom. The molecule has 46 heavy (non-hydrogen) atoms. The molecular formula is C35H37Cl2N3O5S. The molecule has 0 spiro atoms. The smallest absolute Gasteiger partial charge is 0.264 e. The summed E-state index contributed by atoms with van der Waals surface area (Å²) in [6.45, 7) is 4.77. The van der Waals surface area contributed by atoms with E-state index in [9.17, 15) is 18.0 Å². The number of aryl methyl sites for hydroxylation is 1. The van der Waals surface area contributed by atoms with E-state index in [1.54, 1.807) is 54.6 Å². The molecule has 0 saturated carbocycles. The normalized spacial score (nSPS) is 12.0. The van der Waals surface area contributed by atoms with Crippen molar-refractivity contribution in [3.8, 4) is 5.75 Å². The van der Waals surface area contributed by atoms with Crippen LogP contribution in [-0.2, 0) is 32.6 Å². The Morgan fingerprint density at radius 1 is 0.848 bits per heavy atom. The summed E-state index contributed by atoms with van der Waals surface area (Å²) in [6, 6.07) is 25.8. The minimum atomic E-state index is -4.24. The number of carbonyl (C=O) groups is 2. The molecule has 0 fully saturated rings. The summed E-state index contributed by atoms with van der Waals surface area (Å²) in [6.07, 6.45) is 0.167. The molecule has 0 aromatic heterocycles. The number of carbonyl (C=O) groups excluding carboxylic acids is 2. The number of nitrogens with zero attached hydrogens (tertiary/aromatic N) is 2. The van der Waals surface area contributed by atoms with Crippen molar-refractivity contribution in [3.63, 3.8) is 0 Å². The summed E-state index contributed by atoms with van der Waals surface area (Å²) in [5.74, 6) is -0.499. The number of rotatable bonds is 13. The quantitative estimate of drug-likeness (QED) is 0.170. The van der Waals surface area contributed by atoms with Gasteiger partial charge in [-0.15, -0.1) is 0 Å². The Hall–Kier alpha value is -4.05. The van der Waals surface area contributed by atoms with E-state index in [1.165, 1.54) is 24.1 Å². The zero-order valence-electron chi connectivity index (χ0n) is 26.1. The van der Waals surface area contributed by atoms with E-state index >= 15 is 0 Å². The fourth-order valence-corrected chi connectivity index (χ4v) is 6.83. The number of sulfonamides is 1. The first kappa shape index (κ1) is 34.8. The number of nitrogens with one attached hydrogen (secondary N) is 1. The molecule has 8 nitrogen and oxygen atoms in total. The van der Waals surface area contributed by atoms with E-state index in [1.807, 2.05) is 51.1 Å². The number of hydrogen-bond acceptors (Lipinski definition) is 5. The molecule has 4 rings (SSSR count). The lowest BCUT2D eigenvalue weighted by Crippen LogP contribution is -2.54. The zero-order chi connectivity index (χ0) is 33.4. The van der Waals surface area contributed by atoms with Gasteiger partial charge in [-0.1, -0.05) is 77.3 Å². The Labute approximate surface area is 280 Å². The number of hydrogen-bond donors (Lipinski definition) is 1. The Bertz CT molecular complexity index is 1730. The molecule has 0 radical (unpaired) electrons. The number of methoxy groups -OCH3 is 1. The number of ether oxygens (including phenoxy) is 1. The van der Waals surface area contributed by atoms with Crippen LogP contribution >= 0.6 is 23.2 Å². The zero-order valence-corrected chi connectivity index (χ0v) is 28.4. The van der Waals surface area contributed by atoms with Gasteiger partial charge in [0.2, 0.25) is 11.8 Å². The van der Waals surface area contributed by atoms with Gasteiger partial charge in [-0.3, -0.25) is 13.9 Å². The highest BCUT2D eigenvalue weighted by molar-refractivity contribution is 7.92. The topological polar surface area (TPSA) is 96.0 Å². The third-order valence-electron chi connectivity index (χ3n) is 7.34. The second-order valence-electron chi connectivity index (χ2n) is 11.1. The standard InChI is InChI=1S/C35H37Cl2N3O5S/c1-24(2)38-35(42)33(21-26-9-6-5-7-10-26)39(22-30-31(36)11-8-12-32(30)37)34(41)23-40(27-15-17-28(45-4)18-16-27)46(43,44)29-19-13-25(3)14-20-29/h5-20,24,33H,21-23H2,1-4H3,(H,38,42)/t33-/m1/s1. The van der Waals surface area contributed by atoms with Crippen LogP contribution in [-0.4, -0.2) is 50.9 Å². The number of anilines is 1. The molecule has 1 N–H and O–H groups in total. The Kier molecular flexibility index (Phi) is 11.7. The van der Waals surface area contributed by atoms with E-state index in [0.717, 1.165) is 15.4 Å². The molecule has 0 heterocycles. The number of benzene rings is 4. The first-order chi connectivity index (χ1) is 21.9. The number of halogens is 2. The highest BCUT2D eigenvalue weighted by Gasteiger charge is 2.35. The molecule has 2 amide bonds. The van der Waals surface area contributed by atoms with Gasteiger partial charge in [0.05, 0.1) is 17.7 Å². The Morgan fingerprint density at radius 2 is 1.46 bits per heavy atom. The van der Waals surface area contributed by atoms with Crippen LogP contribution in [0.15, 0.2) is 102 Å². The van der Waals surface area contributed by atoms with E-state index in [4.69, 9.17) is 27.9 Å². The van der Waals surface area contributed by atoms with Crippen LogP contribution < -0.4 is 14.4 Å². The monoisotopic (exact) mass is 681 g/mol. The van der Waals surface area contributed by atoms with Crippen molar-refractivity contribution in [1.82, 2.24) is 10.2 Å². The van der Waals surface area contributed by atoms with Crippen LogP contribution in [0.1, 0.15) is 30.5 Å². The molecule has 0 saturated heterocycles. The maximum atomic E-state index is 14.6. The molecule has 242 valence electrons. The first-order valence-electron chi connectivity index (χ1n) is 14.7. The third-order valence-corrected chi connectivity index (χ3v) is 9.84. The fourth-order valence-electron chi connectivity index (χ4n) is 4.90. The van der Waals surface area contributed by atoms with Crippen molar-refractivity contribution in [1.29, 1.82) is 0 Å². The average molecular weight is 683 g/mol. The van der Waals surface area contributed by atoms with Gasteiger partial charge in [0.1, 0.15) is 18.3 Å². The van der Waals surface area contributed by atoms with Crippen LogP contribution in [0.5, 0.6) is 5.75 Å². The first-order valence-corrected chi connectivity index (χ1v) is 16.9. The van der Waals surface area contributed by atoms with Gasteiger partial charge >= 0.3 is 0 Å². The van der Waals surface area contributed by atoms with Gasteiger partial charge < -0.3 is 15.0 Å². The average Bonchev–Trinajstić information content (AvgIpc) is 3.03. The van der Waals surface area contributed by atoms with Crippen LogP contribution in [0.2, 0.25) is 10.0 Å². The van der Waals surface area contributed by atoms with Crippen molar-refractivity contribution in [2.75, 3.05) is 18.0 Å². The summed E-state index contributed by atoms with van der Waals surface area (Å²) in [7, 11) is -2.73. The predicted molar refractivity (Wildman–Crippen MR) is 183 cm³/mol. The lowest BCUT2D eigenvalue weighted by atomic mass is 10.0. The summed E-state index contributed by atoms with van der Waals surface area (Å²) in [5.41, 5.74) is 2.38. The molecule has 0 aliphatic heterocycles. The van der Waals surface area contributed by atoms with Gasteiger partial charge in [0, 0.05) is 34.6 Å². The predicted octanol–water partition coefficient (Wildman–Crippen LogP) is 6.67. The minimum absolute atomic E-state index is 0.0146. The molecule has 4 aromatic carbocycles. The van der Waals surface area contributed by atoms with Crippen LogP contribution in [0.4, 0.5) is 5.69 Å². The molecule has 0 bridgehead atoms.